The van der Waals surface area contributed by atoms with E-state index >= 15 is 0 Å². The minimum absolute atomic E-state index is 0.0803. The van der Waals surface area contributed by atoms with Crippen molar-refractivity contribution in [3.8, 4) is 0 Å². The van der Waals surface area contributed by atoms with Crippen molar-refractivity contribution in [3.05, 3.63) is 24.0 Å². The molecule has 0 N–H and O–H groups in total. The van der Waals surface area contributed by atoms with E-state index in [1.54, 1.807) is 17.3 Å². The van der Waals surface area contributed by atoms with Crippen LogP contribution in [0.4, 0.5) is 4.79 Å². The molecule has 0 spiro atoms. The topological polar surface area (TPSA) is 55.3 Å². The van der Waals surface area contributed by atoms with Crippen LogP contribution in [0.25, 0.3) is 0 Å². The van der Waals surface area contributed by atoms with Crippen molar-refractivity contribution in [2.75, 3.05) is 13.7 Å². The molecular weight excluding hydrogens is 206 g/mol. The standard InChI is InChI=1S/C11H15N3O2/c1-16-11(15)14-7-3-2-4-10(14)9-5-6-12-13-8-9/h5-6,8,10H,2-4,7H2,1H3. The molecule has 0 saturated carbocycles. The SMILES string of the molecule is COC(=O)N1CCCCC1c1ccnnc1. The van der Waals surface area contributed by atoms with Crippen LogP contribution in [0, 0.1) is 0 Å². The number of rotatable bonds is 1. The maximum Gasteiger partial charge on any atom is 0.409 e. The van der Waals surface area contributed by atoms with E-state index in [1.165, 1.54) is 7.11 Å². The van der Waals surface area contributed by atoms with Crippen LogP contribution in [0.3, 0.4) is 0 Å². The van der Waals surface area contributed by atoms with Crippen LogP contribution in [0.2, 0.25) is 0 Å². The normalized spacial score (nSPS) is 20.6. The van der Waals surface area contributed by atoms with Gasteiger partial charge in [-0.05, 0) is 30.9 Å². The molecule has 2 heterocycles. The predicted molar refractivity (Wildman–Crippen MR) is 57.7 cm³/mol. The number of aromatic nitrogens is 2. The Morgan fingerprint density at radius 2 is 2.38 bits per heavy atom. The minimum Gasteiger partial charge on any atom is -0.453 e. The lowest BCUT2D eigenvalue weighted by molar-refractivity contribution is 0.0893. The van der Waals surface area contributed by atoms with Gasteiger partial charge in [-0.2, -0.15) is 10.2 Å². The van der Waals surface area contributed by atoms with Crippen molar-refractivity contribution in [2.45, 2.75) is 25.3 Å². The molecular formula is C11H15N3O2. The van der Waals surface area contributed by atoms with E-state index in [9.17, 15) is 4.79 Å². The highest BCUT2D eigenvalue weighted by Gasteiger charge is 2.28. The van der Waals surface area contributed by atoms with Gasteiger partial charge in [0.2, 0.25) is 0 Å². The summed E-state index contributed by atoms with van der Waals surface area (Å²) in [5.74, 6) is 0. The van der Waals surface area contributed by atoms with Crippen LogP contribution in [-0.2, 0) is 4.74 Å². The van der Waals surface area contributed by atoms with Crippen molar-refractivity contribution in [2.24, 2.45) is 0 Å². The largest absolute Gasteiger partial charge is 0.453 e. The van der Waals surface area contributed by atoms with E-state index in [0.29, 0.717) is 0 Å². The molecule has 1 aliphatic heterocycles. The molecule has 0 bridgehead atoms. The second-order valence-electron chi connectivity index (χ2n) is 3.85. The van der Waals surface area contributed by atoms with E-state index in [0.717, 1.165) is 31.4 Å². The number of nitrogens with zero attached hydrogens (tertiary/aromatic N) is 3. The van der Waals surface area contributed by atoms with Gasteiger partial charge in [-0.15, -0.1) is 0 Å². The Morgan fingerprint density at radius 3 is 3.06 bits per heavy atom. The van der Waals surface area contributed by atoms with Crippen LogP contribution in [0.5, 0.6) is 0 Å². The summed E-state index contributed by atoms with van der Waals surface area (Å²) in [4.78, 5) is 13.4. The van der Waals surface area contributed by atoms with Crippen molar-refractivity contribution >= 4 is 6.09 Å². The fourth-order valence-electron chi connectivity index (χ4n) is 2.11. The lowest BCUT2D eigenvalue weighted by Gasteiger charge is -2.34. The first-order chi connectivity index (χ1) is 7.83. The summed E-state index contributed by atoms with van der Waals surface area (Å²) < 4.78 is 4.79. The average Bonchev–Trinajstić information content (AvgIpc) is 2.39. The molecule has 0 aliphatic carbocycles. The maximum atomic E-state index is 11.6. The summed E-state index contributed by atoms with van der Waals surface area (Å²) in [5.41, 5.74) is 1.03. The number of piperidine rings is 1. The lowest BCUT2D eigenvalue weighted by Crippen LogP contribution is -2.38. The summed E-state index contributed by atoms with van der Waals surface area (Å²) in [6, 6.07) is 1.98. The quantitative estimate of drug-likeness (QED) is 0.725. The Balaban J connectivity index is 2.20. The zero-order chi connectivity index (χ0) is 11.4. The smallest absolute Gasteiger partial charge is 0.409 e. The van der Waals surface area contributed by atoms with E-state index < -0.39 is 0 Å². The number of carbonyl (C=O) groups is 1. The zero-order valence-electron chi connectivity index (χ0n) is 9.30. The summed E-state index contributed by atoms with van der Waals surface area (Å²) >= 11 is 0. The summed E-state index contributed by atoms with van der Waals surface area (Å²) in [6.07, 6.45) is 6.22. The third-order valence-corrected chi connectivity index (χ3v) is 2.90. The molecule has 1 atom stereocenters. The highest BCUT2D eigenvalue weighted by molar-refractivity contribution is 5.68. The molecule has 5 heteroatoms. The number of likely N-dealkylation sites (tertiary alicyclic amines) is 1. The third-order valence-electron chi connectivity index (χ3n) is 2.90. The number of methoxy groups -OCH3 is 1. The van der Waals surface area contributed by atoms with E-state index in [4.69, 9.17) is 4.74 Å². The van der Waals surface area contributed by atoms with Gasteiger partial charge in [0, 0.05) is 12.7 Å². The second kappa shape index (κ2) is 4.92. The number of ether oxygens (including phenoxy) is 1. The molecule has 0 radical (unpaired) electrons. The van der Waals surface area contributed by atoms with Gasteiger partial charge in [0.15, 0.2) is 0 Å². The Kier molecular flexibility index (Phi) is 3.34. The molecule has 16 heavy (non-hydrogen) atoms. The Bertz CT molecular complexity index is 356. The number of hydrogen-bond acceptors (Lipinski definition) is 4. The molecule has 0 aromatic carbocycles. The monoisotopic (exact) mass is 221 g/mol. The minimum atomic E-state index is -0.262. The van der Waals surface area contributed by atoms with Gasteiger partial charge >= 0.3 is 6.09 Å². The summed E-state index contributed by atoms with van der Waals surface area (Å²) in [5, 5.41) is 7.60. The average molecular weight is 221 g/mol. The lowest BCUT2D eigenvalue weighted by atomic mass is 9.97. The van der Waals surface area contributed by atoms with Crippen molar-refractivity contribution in [1.82, 2.24) is 15.1 Å². The molecule has 1 aromatic rings. The van der Waals surface area contributed by atoms with Gasteiger partial charge in [-0.3, -0.25) is 0 Å². The van der Waals surface area contributed by atoms with Gasteiger partial charge in [-0.1, -0.05) is 0 Å². The molecule has 2 rings (SSSR count). The molecule has 5 nitrogen and oxygen atoms in total. The first-order valence-corrected chi connectivity index (χ1v) is 5.44. The van der Waals surface area contributed by atoms with Crippen molar-refractivity contribution in [3.63, 3.8) is 0 Å². The van der Waals surface area contributed by atoms with Gasteiger partial charge in [0.1, 0.15) is 0 Å². The fourth-order valence-corrected chi connectivity index (χ4v) is 2.11. The number of amides is 1. The molecule has 1 saturated heterocycles. The first-order valence-electron chi connectivity index (χ1n) is 5.44. The molecule has 1 fully saturated rings. The van der Waals surface area contributed by atoms with Crippen LogP contribution in [0.1, 0.15) is 30.9 Å². The van der Waals surface area contributed by atoms with E-state index in [2.05, 4.69) is 10.2 Å². The van der Waals surface area contributed by atoms with Gasteiger partial charge in [0.25, 0.3) is 0 Å². The molecule has 1 unspecified atom stereocenters. The summed E-state index contributed by atoms with van der Waals surface area (Å²) in [7, 11) is 1.42. The van der Waals surface area contributed by atoms with Crippen molar-refractivity contribution < 1.29 is 9.53 Å². The van der Waals surface area contributed by atoms with Crippen LogP contribution < -0.4 is 0 Å². The molecule has 1 aromatic heterocycles. The highest BCUT2D eigenvalue weighted by atomic mass is 16.5. The van der Waals surface area contributed by atoms with Crippen molar-refractivity contribution in [1.29, 1.82) is 0 Å². The van der Waals surface area contributed by atoms with E-state index in [1.807, 2.05) is 6.07 Å². The predicted octanol–water partition coefficient (Wildman–Crippen LogP) is 1.77. The Hall–Kier alpha value is -1.65. The first kappa shape index (κ1) is 10.9. The maximum absolute atomic E-state index is 11.6. The Morgan fingerprint density at radius 1 is 1.50 bits per heavy atom. The molecule has 1 amide bonds. The third kappa shape index (κ3) is 2.13. The molecule has 86 valence electrons. The highest BCUT2D eigenvalue weighted by Crippen LogP contribution is 2.30. The molecule has 1 aliphatic rings. The fraction of sp³-hybridized carbons (Fsp3) is 0.545. The van der Waals surface area contributed by atoms with Gasteiger partial charge in [0.05, 0.1) is 19.3 Å². The Labute approximate surface area is 94.4 Å². The van der Waals surface area contributed by atoms with Crippen LogP contribution in [-0.4, -0.2) is 34.8 Å². The van der Waals surface area contributed by atoms with Gasteiger partial charge in [-0.25, -0.2) is 4.79 Å². The van der Waals surface area contributed by atoms with Gasteiger partial charge < -0.3 is 9.64 Å². The van der Waals surface area contributed by atoms with E-state index in [-0.39, 0.29) is 12.1 Å². The second-order valence-corrected chi connectivity index (χ2v) is 3.85. The zero-order valence-corrected chi connectivity index (χ0v) is 9.30. The van der Waals surface area contributed by atoms with Crippen LogP contribution in [0.15, 0.2) is 18.5 Å². The van der Waals surface area contributed by atoms with Crippen LogP contribution >= 0.6 is 0 Å². The number of carbonyl (C=O) groups excluding carboxylic acids is 1. The number of hydrogen-bond donors (Lipinski definition) is 0. The summed E-state index contributed by atoms with van der Waals surface area (Å²) in [6.45, 7) is 0.750.